The van der Waals surface area contributed by atoms with E-state index in [1.54, 1.807) is 38.1 Å². The number of nitrogens with zero attached hydrogens (tertiary/aromatic N) is 2. The smallest absolute Gasteiger partial charge is 0.244 e. The van der Waals surface area contributed by atoms with E-state index in [9.17, 15) is 22.4 Å². The molecule has 0 heterocycles. The molecule has 0 aliphatic heterocycles. The van der Waals surface area contributed by atoms with Crippen molar-refractivity contribution in [3.63, 3.8) is 0 Å². The normalized spacial score (nSPS) is 15.0. The summed E-state index contributed by atoms with van der Waals surface area (Å²) in [6.45, 7) is 2.49. The number of rotatable bonds is 9. The molecule has 3 rings (SSSR count). The molecule has 2 aromatic rings. The van der Waals surface area contributed by atoms with Crippen LogP contribution in [0.1, 0.15) is 43.7 Å². The summed E-state index contributed by atoms with van der Waals surface area (Å²) in [5, 5.41) is 3.33. The van der Waals surface area contributed by atoms with E-state index in [4.69, 9.17) is 11.6 Å². The van der Waals surface area contributed by atoms with Crippen molar-refractivity contribution in [1.29, 1.82) is 0 Å². The molecular formula is C25H31ClFN3O4S. The van der Waals surface area contributed by atoms with Crippen LogP contribution in [0.5, 0.6) is 0 Å². The van der Waals surface area contributed by atoms with Gasteiger partial charge in [-0.25, -0.2) is 12.8 Å². The zero-order valence-electron chi connectivity index (χ0n) is 20.1. The van der Waals surface area contributed by atoms with Crippen molar-refractivity contribution in [2.24, 2.45) is 0 Å². The van der Waals surface area contributed by atoms with Crippen LogP contribution >= 0.6 is 11.6 Å². The van der Waals surface area contributed by atoms with Crippen LogP contribution in [0.15, 0.2) is 42.5 Å². The van der Waals surface area contributed by atoms with Gasteiger partial charge in [0.05, 0.1) is 11.9 Å². The van der Waals surface area contributed by atoms with Crippen molar-refractivity contribution >= 4 is 39.1 Å². The Morgan fingerprint density at radius 1 is 1.14 bits per heavy atom. The zero-order valence-corrected chi connectivity index (χ0v) is 21.7. The number of halogens is 2. The number of amides is 2. The molecule has 0 saturated heterocycles. The zero-order chi connectivity index (χ0) is 25.8. The SMILES string of the molecule is Cc1c(Cl)cccc1N(CC(=O)N(Cc1ccccc1F)[C@@H](C)C(=O)NC1CCCC1)S(C)(=O)=O. The molecule has 0 radical (unpaired) electrons. The second-order valence-corrected chi connectivity index (χ2v) is 11.2. The van der Waals surface area contributed by atoms with Gasteiger partial charge in [0.25, 0.3) is 0 Å². The van der Waals surface area contributed by atoms with Crippen LogP contribution in [-0.4, -0.2) is 50.0 Å². The van der Waals surface area contributed by atoms with Gasteiger partial charge in [0.1, 0.15) is 18.4 Å². The lowest BCUT2D eigenvalue weighted by molar-refractivity contribution is -0.139. The van der Waals surface area contributed by atoms with E-state index in [1.807, 2.05) is 0 Å². The molecule has 1 atom stereocenters. The molecule has 2 amide bonds. The van der Waals surface area contributed by atoms with E-state index in [0.29, 0.717) is 10.6 Å². The third kappa shape index (κ3) is 6.73. The predicted octanol–water partition coefficient (Wildman–Crippen LogP) is 4.03. The van der Waals surface area contributed by atoms with Gasteiger partial charge in [-0.05, 0) is 50.5 Å². The second-order valence-electron chi connectivity index (χ2n) is 8.93. The maximum Gasteiger partial charge on any atom is 0.244 e. The Labute approximate surface area is 211 Å². The molecule has 35 heavy (non-hydrogen) atoms. The summed E-state index contributed by atoms with van der Waals surface area (Å²) in [6.07, 6.45) is 4.79. The van der Waals surface area contributed by atoms with Crippen molar-refractivity contribution in [3.05, 3.63) is 64.4 Å². The minimum atomic E-state index is -3.88. The number of carbonyl (C=O) groups is 2. The highest BCUT2D eigenvalue weighted by molar-refractivity contribution is 7.92. The number of nitrogens with one attached hydrogen (secondary N) is 1. The minimum Gasteiger partial charge on any atom is -0.352 e. The van der Waals surface area contributed by atoms with Gasteiger partial charge in [-0.2, -0.15) is 0 Å². The maximum atomic E-state index is 14.5. The number of hydrogen-bond acceptors (Lipinski definition) is 4. The van der Waals surface area contributed by atoms with Gasteiger partial charge in [-0.1, -0.05) is 48.7 Å². The first-order chi connectivity index (χ1) is 16.5. The van der Waals surface area contributed by atoms with Gasteiger partial charge in [-0.3, -0.25) is 13.9 Å². The van der Waals surface area contributed by atoms with Crippen LogP contribution in [0.4, 0.5) is 10.1 Å². The molecule has 0 aromatic heterocycles. The summed E-state index contributed by atoms with van der Waals surface area (Å²) in [6, 6.07) is 9.88. The quantitative estimate of drug-likeness (QED) is 0.537. The van der Waals surface area contributed by atoms with Gasteiger partial charge in [0.2, 0.25) is 21.8 Å². The first kappa shape index (κ1) is 26.9. The lowest BCUT2D eigenvalue weighted by Crippen LogP contribution is -2.52. The lowest BCUT2D eigenvalue weighted by atomic mass is 10.1. The summed E-state index contributed by atoms with van der Waals surface area (Å²) in [7, 11) is -3.88. The van der Waals surface area contributed by atoms with Crippen molar-refractivity contribution in [2.75, 3.05) is 17.1 Å². The number of carbonyl (C=O) groups excluding carboxylic acids is 2. The fourth-order valence-electron chi connectivity index (χ4n) is 4.25. The van der Waals surface area contributed by atoms with E-state index in [0.717, 1.165) is 36.2 Å². The molecule has 1 aliphatic carbocycles. The Morgan fingerprint density at radius 3 is 2.43 bits per heavy atom. The number of sulfonamides is 1. The van der Waals surface area contributed by atoms with Gasteiger partial charge in [0.15, 0.2) is 0 Å². The Bertz CT molecular complexity index is 1180. The molecule has 1 aliphatic rings. The van der Waals surface area contributed by atoms with Crippen LogP contribution in [0, 0.1) is 12.7 Å². The number of anilines is 1. The predicted molar refractivity (Wildman–Crippen MR) is 135 cm³/mol. The van der Waals surface area contributed by atoms with Crippen molar-refractivity contribution in [2.45, 2.75) is 58.2 Å². The Hall–Kier alpha value is -2.65. The lowest BCUT2D eigenvalue weighted by Gasteiger charge is -2.32. The Balaban J connectivity index is 1.92. The number of benzene rings is 2. The standard InChI is InChI=1S/C25H31ClFN3O4S/c1-17-21(26)12-8-14-23(17)30(35(3,33)34)16-24(31)29(15-19-9-4-7-13-22(19)27)18(2)25(32)28-20-10-5-6-11-20/h4,7-9,12-14,18,20H,5-6,10-11,15-16H2,1-3H3,(H,28,32)/t18-/m0/s1. The minimum absolute atomic E-state index is 0.0389. The van der Waals surface area contributed by atoms with E-state index >= 15 is 0 Å². The van der Waals surface area contributed by atoms with Crippen LogP contribution in [0.25, 0.3) is 0 Å². The van der Waals surface area contributed by atoms with Gasteiger partial charge < -0.3 is 10.2 Å². The number of hydrogen-bond donors (Lipinski definition) is 1. The van der Waals surface area contributed by atoms with Crippen molar-refractivity contribution in [1.82, 2.24) is 10.2 Å². The van der Waals surface area contributed by atoms with E-state index in [2.05, 4.69) is 5.32 Å². The molecule has 7 nitrogen and oxygen atoms in total. The molecule has 10 heteroatoms. The van der Waals surface area contributed by atoms with Crippen molar-refractivity contribution in [3.8, 4) is 0 Å². The molecule has 0 spiro atoms. The highest BCUT2D eigenvalue weighted by Gasteiger charge is 2.32. The first-order valence-corrected chi connectivity index (χ1v) is 13.8. The monoisotopic (exact) mass is 523 g/mol. The largest absolute Gasteiger partial charge is 0.352 e. The third-order valence-electron chi connectivity index (χ3n) is 6.35. The van der Waals surface area contributed by atoms with Crippen LogP contribution in [0.2, 0.25) is 5.02 Å². The van der Waals surface area contributed by atoms with Crippen LogP contribution in [0.3, 0.4) is 0 Å². The highest BCUT2D eigenvalue weighted by atomic mass is 35.5. The van der Waals surface area contributed by atoms with Gasteiger partial charge >= 0.3 is 0 Å². The maximum absolute atomic E-state index is 14.5. The fourth-order valence-corrected chi connectivity index (χ4v) is 5.32. The summed E-state index contributed by atoms with van der Waals surface area (Å²) >= 11 is 6.19. The van der Waals surface area contributed by atoms with E-state index in [-0.39, 0.29) is 29.7 Å². The van der Waals surface area contributed by atoms with Gasteiger partial charge in [-0.15, -0.1) is 0 Å². The molecule has 0 bridgehead atoms. The van der Waals surface area contributed by atoms with Gasteiger partial charge in [0, 0.05) is 23.2 Å². The fraction of sp³-hybridized carbons (Fsp3) is 0.440. The molecule has 2 aromatic carbocycles. The molecule has 1 saturated carbocycles. The average Bonchev–Trinajstić information content (AvgIpc) is 3.30. The highest BCUT2D eigenvalue weighted by Crippen LogP contribution is 2.28. The second kappa shape index (κ2) is 11.4. The molecule has 1 fully saturated rings. The average molecular weight is 524 g/mol. The summed E-state index contributed by atoms with van der Waals surface area (Å²) in [4.78, 5) is 27.8. The summed E-state index contributed by atoms with van der Waals surface area (Å²) in [5.41, 5.74) is 0.994. The van der Waals surface area contributed by atoms with E-state index in [1.165, 1.54) is 23.1 Å². The Kier molecular flexibility index (Phi) is 8.77. The first-order valence-electron chi connectivity index (χ1n) is 11.5. The van der Waals surface area contributed by atoms with E-state index < -0.39 is 34.3 Å². The summed E-state index contributed by atoms with van der Waals surface area (Å²) in [5.74, 6) is -1.50. The van der Waals surface area contributed by atoms with Crippen LogP contribution < -0.4 is 9.62 Å². The topological polar surface area (TPSA) is 86.8 Å². The Morgan fingerprint density at radius 2 is 1.80 bits per heavy atom. The van der Waals surface area contributed by atoms with Crippen molar-refractivity contribution < 1.29 is 22.4 Å². The molecule has 190 valence electrons. The van der Waals surface area contributed by atoms with Crippen LogP contribution in [-0.2, 0) is 26.2 Å². The molecule has 0 unspecified atom stereocenters. The summed E-state index contributed by atoms with van der Waals surface area (Å²) < 4.78 is 40.8. The third-order valence-corrected chi connectivity index (χ3v) is 7.89. The molecular weight excluding hydrogens is 493 g/mol. The molecule has 1 N–H and O–H groups in total.